The number of rotatable bonds is 4. The molecule has 1 aromatic rings. The zero-order valence-corrected chi connectivity index (χ0v) is 11.8. The van der Waals surface area contributed by atoms with Crippen LogP contribution in [0.25, 0.3) is 0 Å². The number of imide groups is 1. The Bertz CT molecular complexity index is 719. The maximum atomic E-state index is 12.1. The van der Waals surface area contributed by atoms with Gasteiger partial charge in [-0.3, -0.25) is 14.5 Å². The maximum absolute atomic E-state index is 12.1. The molecule has 7 nitrogen and oxygen atoms in total. The summed E-state index contributed by atoms with van der Waals surface area (Å²) in [7, 11) is -3.77. The zero-order chi connectivity index (χ0) is 15.0. The van der Waals surface area contributed by atoms with Gasteiger partial charge in [0, 0.05) is 6.54 Å². The molecule has 2 aliphatic rings. The second-order valence-corrected chi connectivity index (χ2v) is 6.03. The van der Waals surface area contributed by atoms with Crippen molar-refractivity contribution < 1.29 is 22.2 Å². The third-order valence-electron chi connectivity index (χ3n) is 3.34. The molecule has 8 heteroatoms. The van der Waals surface area contributed by atoms with Crippen LogP contribution in [0.2, 0.25) is 0 Å². The average molecular weight is 308 g/mol. The van der Waals surface area contributed by atoms with Gasteiger partial charge in [0.1, 0.15) is 6.61 Å². The van der Waals surface area contributed by atoms with E-state index in [-0.39, 0.29) is 25.0 Å². The summed E-state index contributed by atoms with van der Waals surface area (Å²) in [5.41, 5.74) is 1.23. The van der Waals surface area contributed by atoms with Gasteiger partial charge in [-0.1, -0.05) is 12.1 Å². The standard InChI is InChI=1S/C13H12N2O5S/c16-12-10-5-1-2-6-11(10)13(17)15(12)7-3-4-9-8-20-21(18,19)14-9/h1-2,5-6H,3-4,7-8H2. The summed E-state index contributed by atoms with van der Waals surface area (Å²) < 4.78 is 29.9. The molecule has 0 spiro atoms. The number of hydrogen-bond donors (Lipinski definition) is 0. The molecule has 0 saturated carbocycles. The van der Waals surface area contributed by atoms with E-state index in [0.29, 0.717) is 29.7 Å². The Morgan fingerprint density at radius 3 is 2.29 bits per heavy atom. The van der Waals surface area contributed by atoms with Crippen molar-refractivity contribution in [3.8, 4) is 0 Å². The third-order valence-corrected chi connectivity index (χ3v) is 4.24. The van der Waals surface area contributed by atoms with E-state index in [4.69, 9.17) is 0 Å². The molecule has 2 amide bonds. The summed E-state index contributed by atoms with van der Waals surface area (Å²) in [6, 6.07) is 6.67. The normalized spacial score (nSPS) is 19.8. The lowest BCUT2D eigenvalue weighted by Gasteiger charge is -2.13. The van der Waals surface area contributed by atoms with Crippen LogP contribution in [0.4, 0.5) is 0 Å². The van der Waals surface area contributed by atoms with Crippen molar-refractivity contribution in [1.29, 1.82) is 0 Å². The predicted octanol–water partition coefficient (Wildman–Crippen LogP) is 0.779. The summed E-state index contributed by atoms with van der Waals surface area (Å²) in [6.45, 7) is 0.176. The minimum absolute atomic E-state index is 0.0511. The van der Waals surface area contributed by atoms with E-state index in [1.54, 1.807) is 24.3 Å². The van der Waals surface area contributed by atoms with Crippen molar-refractivity contribution in [1.82, 2.24) is 4.90 Å². The molecule has 3 rings (SSSR count). The van der Waals surface area contributed by atoms with Gasteiger partial charge in [0.05, 0.1) is 16.8 Å². The topological polar surface area (TPSA) is 93.1 Å². The lowest BCUT2D eigenvalue weighted by molar-refractivity contribution is 0.0653. The highest BCUT2D eigenvalue weighted by molar-refractivity contribution is 7.85. The highest BCUT2D eigenvalue weighted by Gasteiger charge is 2.34. The molecule has 0 bridgehead atoms. The number of fused-ring (bicyclic) bond motifs is 1. The smallest absolute Gasteiger partial charge is 0.274 e. The molecule has 0 unspecified atom stereocenters. The van der Waals surface area contributed by atoms with E-state index in [9.17, 15) is 18.0 Å². The molecule has 0 N–H and O–H groups in total. The molecule has 21 heavy (non-hydrogen) atoms. The fraction of sp³-hybridized carbons (Fsp3) is 0.308. The van der Waals surface area contributed by atoms with Gasteiger partial charge in [-0.25, -0.2) is 4.18 Å². The Morgan fingerprint density at radius 1 is 1.14 bits per heavy atom. The summed E-state index contributed by atoms with van der Waals surface area (Å²) in [6.07, 6.45) is 0.815. The van der Waals surface area contributed by atoms with E-state index in [1.165, 1.54) is 4.90 Å². The van der Waals surface area contributed by atoms with Crippen molar-refractivity contribution in [2.24, 2.45) is 4.40 Å². The largest absolute Gasteiger partial charge is 0.381 e. The monoisotopic (exact) mass is 308 g/mol. The minimum Gasteiger partial charge on any atom is -0.274 e. The van der Waals surface area contributed by atoms with Crippen LogP contribution in [-0.2, 0) is 14.5 Å². The Kier molecular flexibility index (Phi) is 3.34. The number of nitrogens with zero attached hydrogens (tertiary/aromatic N) is 2. The van der Waals surface area contributed by atoms with Gasteiger partial charge in [0.15, 0.2) is 0 Å². The number of amides is 2. The molecule has 0 atom stereocenters. The summed E-state index contributed by atoms with van der Waals surface area (Å²) >= 11 is 0. The van der Waals surface area contributed by atoms with Crippen LogP contribution in [0.15, 0.2) is 28.7 Å². The first-order chi connectivity index (χ1) is 9.98. The number of carbonyl (C=O) groups is 2. The van der Waals surface area contributed by atoms with Crippen molar-refractivity contribution in [2.75, 3.05) is 13.2 Å². The minimum atomic E-state index is -3.77. The summed E-state index contributed by atoms with van der Waals surface area (Å²) in [5, 5.41) is 0. The molecule has 0 saturated heterocycles. The molecule has 2 aliphatic heterocycles. The van der Waals surface area contributed by atoms with Crippen LogP contribution < -0.4 is 0 Å². The fourth-order valence-electron chi connectivity index (χ4n) is 2.35. The molecule has 2 heterocycles. The van der Waals surface area contributed by atoms with Gasteiger partial charge in [-0.05, 0) is 25.0 Å². The lowest BCUT2D eigenvalue weighted by atomic mass is 10.1. The molecular weight excluding hydrogens is 296 g/mol. The Labute approximate surface area is 121 Å². The van der Waals surface area contributed by atoms with Crippen molar-refractivity contribution in [3.05, 3.63) is 35.4 Å². The highest BCUT2D eigenvalue weighted by atomic mass is 32.2. The first-order valence-electron chi connectivity index (χ1n) is 6.40. The second-order valence-electron chi connectivity index (χ2n) is 4.76. The van der Waals surface area contributed by atoms with Crippen LogP contribution in [0.1, 0.15) is 33.6 Å². The van der Waals surface area contributed by atoms with Crippen LogP contribution in [0.3, 0.4) is 0 Å². The van der Waals surface area contributed by atoms with Crippen LogP contribution in [-0.4, -0.2) is 44.0 Å². The average Bonchev–Trinajstić information content (AvgIpc) is 2.92. The van der Waals surface area contributed by atoms with Gasteiger partial charge < -0.3 is 0 Å². The number of benzene rings is 1. The molecule has 110 valence electrons. The number of hydrogen-bond acceptors (Lipinski definition) is 5. The van der Waals surface area contributed by atoms with Crippen molar-refractivity contribution in [3.63, 3.8) is 0 Å². The predicted molar refractivity (Wildman–Crippen MR) is 73.3 cm³/mol. The van der Waals surface area contributed by atoms with E-state index >= 15 is 0 Å². The molecule has 1 aromatic carbocycles. The Balaban J connectivity index is 1.63. The summed E-state index contributed by atoms with van der Waals surface area (Å²) in [4.78, 5) is 25.4. The molecule has 0 radical (unpaired) electrons. The summed E-state index contributed by atoms with van der Waals surface area (Å²) in [5.74, 6) is -0.624. The Morgan fingerprint density at radius 2 is 1.76 bits per heavy atom. The van der Waals surface area contributed by atoms with Crippen LogP contribution in [0, 0.1) is 0 Å². The molecule has 0 aromatic heterocycles. The molecule has 0 fully saturated rings. The number of carbonyl (C=O) groups excluding carboxylic acids is 2. The van der Waals surface area contributed by atoms with E-state index in [0.717, 1.165) is 0 Å². The SMILES string of the molecule is O=C1c2ccccc2C(=O)N1CCCC1=NS(=O)(=O)OC1. The van der Waals surface area contributed by atoms with Gasteiger partial charge in [-0.15, -0.1) is 4.40 Å². The van der Waals surface area contributed by atoms with Gasteiger partial charge in [0.25, 0.3) is 11.8 Å². The molecule has 0 aliphatic carbocycles. The van der Waals surface area contributed by atoms with Crippen LogP contribution in [0.5, 0.6) is 0 Å². The zero-order valence-electron chi connectivity index (χ0n) is 11.0. The van der Waals surface area contributed by atoms with Gasteiger partial charge in [0.2, 0.25) is 0 Å². The molecular formula is C13H12N2O5S. The van der Waals surface area contributed by atoms with Crippen LogP contribution >= 0.6 is 0 Å². The second kappa shape index (κ2) is 5.05. The fourth-order valence-corrected chi connectivity index (χ4v) is 3.15. The first kappa shape index (κ1) is 13.9. The van der Waals surface area contributed by atoms with E-state index in [2.05, 4.69) is 8.58 Å². The van der Waals surface area contributed by atoms with E-state index < -0.39 is 10.3 Å². The first-order valence-corrected chi connectivity index (χ1v) is 7.77. The maximum Gasteiger partial charge on any atom is 0.381 e. The van der Waals surface area contributed by atoms with Gasteiger partial charge in [-0.2, -0.15) is 8.42 Å². The highest BCUT2D eigenvalue weighted by Crippen LogP contribution is 2.22. The quantitative estimate of drug-likeness (QED) is 0.766. The van der Waals surface area contributed by atoms with E-state index in [1.807, 2.05) is 0 Å². The van der Waals surface area contributed by atoms with Crippen molar-refractivity contribution in [2.45, 2.75) is 12.8 Å². The van der Waals surface area contributed by atoms with Crippen molar-refractivity contribution >= 4 is 27.8 Å². The third kappa shape index (κ3) is 2.59. The van der Waals surface area contributed by atoms with Gasteiger partial charge >= 0.3 is 10.3 Å². The Hall–Kier alpha value is -2.06. The lowest BCUT2D eigenvalue weighted by Crippen LogP contribution is -2.31.